The quantitative estimate of drug-likeness (QED) is 0.686. The standard InChI is InChI=1S/C15H19N5O2S/c1-2-11(21)8-20-13(6-5-10-9-23-15(16)17-10)18-14(19-20)12-4-3-7-22-12/h3-4,7,9,11,21H,2,5-6,8H2,1H3,(H2,16,17). The van der Waals surface area contributed by atoms with Crippen molar-refractivity contribution in [3.63, 3.8) is 0 Å². The summed E-state index contributed by atoms with van der Waals surface area (Å²) in [5.74, 6) is 1.95. The monoisotopic (exact) mass is 333 g/mol. The number of aryl methyl sites for hydroxylation is 2. The molecule has 0 amide bonds. The van der Waals surface area contributed by atoms with E-state index in [1.54, 1.807) is 17.0 Å². The van der Waals surface area contributed by atoms with Crippen LogP contribution in [-0.2, 0) is 19.4 Å². The van der Waals surface area contributed by atoms with Gasteiger partial charge >= 0.3 is 0 Å². The van der Waals surface area contributed by atoms with Crippen molar-refractivity contribution in [2.24, 2.45) is 0 Å². The molecule has 1 unspecified atom stereocenters. The van der Waals surface area contributed by atoms with Gasteiger partial charge in [-0.05, 0) is 25.0 Å². The molecular weight excluding hydrogens is 314 g/mol. The van der Waals surface area contributed by atoms with Crippen molar-refractivity contribution in [1.82, 2.24) is 19.7 Å². The molecule has 3 aromatic rings. The third-order valence-electron chi connectivity index (χ3n) is 3.52. The van der Waals surface area contributed by atoms with E-state index in [9.17, 15) is 5.11 Å². The minimum absolute atomic E-state index is 0.415. The van der Waals surface area contributed by atoms with Crippen LogP contribution >= 0.6 is 11.3 Å². The fraction of sp³-hybridized carbons (Fsp3) is 0.400. The Balaban J connectivity index is 1.80. The van der Waals surface area contributed by atoms with E-state index in [2.05, 4.69) is 15.1 Å². The number of aromatic nitrogens is 4. The molecule has 1 atom stereocenters. The van der Waals surface area contributed by atoms with E-state index >= 15 is 0 Å². The van der Waals surface area contributed by atoms with Gasteiger partial charge in [-0.2, -0.15) is 0 Å². The second-order valence-corrected chi connectivity index (χ2v) is 6.14. The zero-order chi connectivity index (χ0) is 16.2. The Hall–Kier alpha value is -2.19. The van der Waals surface area contributed by atoms with Crippen LogP contribution in [0.3, 0.4) is 0 Å². The summed E-state index contributed by atoms with van der Waals surface area (Å²) in [4.78, 5) is 8.81. The zero-order valence-electron chi connectivity index (χ0n) is 12.8. The van der Waals surface area contributed by atoms with Crippen LogP contribution in [0.25, 0.3) is 11.6 Å². The van der Waals surface area contributed by atoms with Crippen molar-refractivity contribution >= 4 is 16.5 Å². The van der Waals surface area contributed by atoms with Crippen molar-refractivity contribution in [3.05, 3.63) is 35.3 Å². The first kappa shape index (κ1) is 15.7. The SMILES string of the molecule is CCC(O)Cn1nc(-c2ccco2)nc1CCc1csc(N)n1. The maximum absolute atomic E-state index is 9.92. The molecule has 3 rings (SSSR count). The van der Waals surface area contributed by atoms with E-state index in [1.807, 2.05) is 18.4 Å². The minimum atomic E-state index is -0.449. The molecule has 0 radical (unpaired) electrons. The number of aliphatic hydroxyl groups is 1. The normalized spacial score (nSPS) is 12.6. The lowest BCUT2D eigenvalue weighted by Crippen LogP contribution is -2.18. The number of aliphatic hydroxyl groups excluding tert-OH is 1. The van der Waals surface area contributed by atoms with Gasteiger partial charge in [0.2, 0.25) is 5.82 Å². The molecule has 8 heteroatoms. The highest BCUT2D eigenvalue weighted by molar-refractivity contribution is 7.13. The number of thiazole rings is 1. The van der Waals surface area contributed by atoms with Crippen molar-refractivity contribution in [3.8, 4) is 11.6 Å². The topological polar surface area (TPSA) is 103 Å². The van der Waals surface area contributed by atoms with Gasteiger partial charge < -0.3 is 15.3 Å². The minimum Gasteiger partial charge on any atom is -0.461 e. The molecule has 3 heterocycles. The molecule has 0 aliphatic rings. The Kier molecular flexibility index (Phi) is 4.73. The molecule has 3 aromatic heterocycles. The summed E-state index contributed by atoms with van der Waals surface area (Å²) in [6.45, 7) is 2.35. The summed E-state index contributed by atoms with van der Waals surface area (Å²) in [6, 6.07) is 3.62. The molecule has 0 aromatic carbocycles. The Morgan fingerprint density at radius 3 is 2.91 bits per heavy atom. The Morgan fingerprint density at radius 1 is 1.39 bits per heavy atom. The van der Waals surface area contributed by atoms with Crippen molar-refractivity contribution in [1.29, 1.82) is 0 Å². The molecular formula is C15H19N5O2S. The highest BCUT2D eigenvalue weighted by Gasteiger charge is 2.16. The molecule has 0 fully saturated rings. The van der Waals surface area contributed by atoms with E-state index in [0.29, 0.717) is 36.1 Å². The molecule has 0 aliphatic heterocycles. The number of hydrogen-bond acceptors (Lipinski definition) is 7. The number of hydrogen-bond donors (Lipinski definition) is 2. The summed E-state index contributed by atoms with van der Waals surface area (Å²) in [5, 5.41) is 16.9. The molecule has 0 spiro atoms. The first-order valence-electron chi connectivity index (χ1n) is 7.51. The molecule has 0 bridgehead atoms. The van der Waals surface area contributed by atoms with Crippen molar-refractivity contribution in [2.45, 2.75) is 38.8 Å². The second kappa shape index (κ2) is 6.93. The molecule has 0 aliphatic carbocycles. The molecule has 3 N–H and O–H groups in total. The summed E-state index contributed by atoms with van der Waals surface area (Å²) < 4.78 is 7.11. The van der Waals surface area contributed by atoms with Crippen LogP contribution < -0.4 is 5.73 Å². The van der Waals surface area contributed by atoms with Gasteiger partial charge in [-0.1, -0.05) is 6.92 Å². The summed E-state index contributed by atoms with van der Waals surface area (Å²) in [5.41, 5.74) is 6.60. The van der Waals surface area contributed by atoms with Gasteiger partial charge in [-0.15, -0.1) is 16.4 Å². The molecule has 7 nitrogen and oxygen atoms in total. The summed E-state index contributed by atoms with van der Waals surface area (Å²) >= 11 is 1.43. The van der Waals surface area contributed by atoms with Crippen molar-refractivity contribution < 1.29 is 9.52 Å². The highest BCUT2D eigenvalue weighted by Crippen LogP contribution is 2.18. The third kappa shape index (κ3) is 3.77. The number of anilines is 1. The maximum atomic E-state index is 9.92. The van der Waals surface area contributed by atoms with Gasteiger partial charge in [0.05, 0.1) is 24.6 Å². The number of nitrogens with zero attached hydrogens (tertiary/aromatic N) is 4. The highest BCUT2D eigenvalue weighted by atomic mass is 32.1. The number of nitrogens with two attached hydrogens (primary N) is 1. The summed E-state index contributed by atoms with van der Waals surface area (Å²) in [6.07, 6.45) is 3.21. The summed E-state index contributed by atoms with van der Waals surface area (Å²) in [7, 11) is 0. The van der Waals surface area contributed by atoms with E-state index in [4.69, 9.17) is 10.2 Å². The predicted molar refractivity (Wildman–Crippen MR) is 88.0 cm³/mol. The fourth-order valence-electron chi connectivity index (χ4n) is 2.22. The van der Waals surface area contributed by atoms with Crippen LogP contribution in [-0.4, -0.2) is 31.0 Å². The third-order valence-corrected chi connectivity index (χ3v) is 4.24. The largest absolute Gasteiger partial charge is 0.461 e. The lowest BCUT2D eigenvalue weighted by molar-refractivity contribution is 0.144. The first-order chi connectivity index (χ1) is 11.2. The van der Waals surface area contributed by atoms with Crippen LogP contribution in [0.1, 0.15) is 24.9 Å². The van der Waals surface area contributed by atoms with Crippen molar-refractivity contribution in [2.75, 3.05) is 5.73 Å². The predicted octanol–water partition coefficient (Wildman–Crippen LogP) is 2.13. The van der Waals surface area contributed by atoms with Gasteiger partial charge in [-0.3, -0.25) is 0 Å². The van der Waals surface area contributed by atoms with Crippen LogP contribution in [0.4, 0.5) is 5.13 Å². The molecule has 122 valence electrons. The van der Waals surface area contributed by atoms with E-state index in [0.717, 1.165) is 17.9 Å². The molecule has 0 saturated heterocycles. The van der Waals surface area contributed by atoms with Gasteiger partial charge in [0, 0.05) is 11.8 Å². The van der Waals surface area contributed by atoms with Gasteiger partial charge in [0.1, 0.15) is 5.82 Å². The van der Waals surface area contributed by atoms with E-state index < -0.39 is 6.10 Å². The second-order valence-electron chi connectivity index (χ2n) is 5.25. The number of nitrogen functional groups attached to an aromatic ring is 1. The van der Waals surface area contributed by atoms with Gasteiger partial charge in [0.25, 0.3) is 0 Å². The fourth-order valence-corrected chi connectivity index (χ4v) is 2.82. The Morgan fingerprint density at radius 2 is 2.26 bits per heavy atom. The lowest BCUT2D eigenvalue weighted by atomic mass is 10.2. The lowest BCUT2D eigenvalue weighted by Gasteiger charge is -2.09. The smallest absolute Gasteiger partial charge is 0.217 e. The zero-order valence-corrected chi connectivity index (χ0v) is 13.7. The molecule has 23 heavy (non-hydrogen) atoms. The van der Waals surface area contributed by atoms with Crippen LogP contribution in [0, 0.1) is 0 Å². The van der Waals surface area contributed by atoms with E-state index in [1.165, 1.54) is 11.3 Å². The first-order valence-corrected chi connectivity index (χ1v) is 8.39. The van der Waals surface area contributed by atoms with Gasteiger partial charge in [-0.25, -0.2) is 14.6 Å². The van der Waals surface area contributed by atoms with Crippen LogP contribution in [0.15, 0.2) is 28.2 Å². The van der Waals surface area contributed by atoms with Crippen LogP contribution in [0.5, 0.6) is 0 Å². The molecule has 0 saturated carbocycles. The Labute approximate surface area is 137 Å². The average Bonchev–Trinajstić information content (AvgIpc) is 3.26. The van der Waals surface area contributed by atoms with Crippen LogP contribution in [0.2, 0.25) is 0 Å². The number of furan rings is 1. The van der Waals surface area contributed by atoms with Gasteiger partial charge in [0.15, 0.2) is 10.9 Å². The maximum Gasteiger partial charge on any atom is 0.217 e. The Bertz CT molecular complexity index is 750. The number of rotatable bonds is 7. The van der Waals surface area contributed by atoms with E-state index in [-0.39, 0.29) is 0 Å². The average molecular weight is 333 g/mol.